The maximum absolute atomic E-state index is 11.8. The molecule has 0 aliphatic carbocycles. The van der Waals surface area contributed by atoms with Crippen LogP contribution in [0.2, 0.25) is 0 Å². The summed E-state index contributed by atoms with van der Waals surface area (Å²) >= 11 is 0. The summed E-state index contributed by atoms with van der Waals surface area (Å²) < 4.78 is 23.7. The van der Waals surface area contributed by atoms with Crippen molar-refractivity contribution in [3.05, 3.63) is 29.3 Å². The van der Waals surface area contributed by atoms with Gasteiger partial charge in [-0.15, -0.1) is 0 Å². The Bertz CT molecular complexity index is 494. The maximum atomic E-state index is 11.8. The SMILES string of the molecule is CCNCCc1ccc2c(c1)CCCS2(=O)=O. The molecule has 0 bridgehead atoms. The van der Waals surface area contributed by atoms with E-state index < -0.39 is 9.84 Å². The molecule has 1 aliphatic rings. The zero-order valence-corrected chi connectivity index (χ0v) is 11.0. The van der Waals surface area contributed by atoms with Crippen LogP contribution < -0.4 is 5.32 Å². The molecule has 1 aromatic carbocycles. The first-order valence-corrected chi connectivity index (χ1v) is 7.84. The highest BCUT2D eigenvalue weighted by Gasteiger charge is 2.23. The fourth-order valence-corrected chi connectivity index (χ4v) is 3.84. The third-order valence-electron chi connectivity index (χ3n) is 3.16. The van der Waals surface area contributed by atoms with Gasteiger partial charge in [0.2, 0.25) is 0 Å². The summed E-state index contributed by atoms with van der Waals surface area (Å²) in [7, 11) is -3.00. The largest absolute Gasteiger partial charge is 0.317 e. The first kappa shape index (κ1) is 12.6. The first-order valence-electron chi connectivity index (χ1n) is 6.19. The number of aryl methyl sites for hydroxylation is 1. The zero-order chi connectivity index (χ0) is 12.3. The van der Waals surface area contributed by atoms with Gasteiger partial charge in [-0.2, -0.15) is 0 Å². The number of likely N-dealkylation sites (N-methyl/N-ethyl adjacent to an activating group) is 1. The molecule has 1 heterocycles. The Morgan fingerprint density at radius 1 is 1.35 bits per heavy atom. The molecule has 17 heavy (non-hydrogen) atoms. The van der Waals surface area contributed by atoms with Gasteiger partial charge in [-0.3, -0.25) is 0 Å². The van der Waals surface area contributed by atoms with Crippen molar-refractivity contribution in [2.45, 2.75) is 31.1 Å². The Morgan fingerprint density at radius 2 is 2.18 bits per heavy atom. The van der Waals surface area contributed by atoms with Crippen molar-refractivity contribution >= 4 is 9.84 Å². The monoisotopic (exact) mass is 253 g/mol. The molecule has 0 aromatic heterocycles. The zero-order valence-electron chi connectivity index (χ0n) is 10.2. The van der Waals surface area contributed by atoms with Gasteiger partial charge in [0.1, 0.15) is 0 Å². The normalized spacial score (nSPS) is 17.7. The molecule has 1 aliphatic heterocycles. The van der Waals surface area contributed by atoms with Crippen LogP contribution in [-0.2, 0) is 22.7 Å². The molecule has 0 atom stereocenters. The van der Waals surface area contributed by atoms with Crippen molar-refractivity contribution in [2.24, 2.45) is 0 Å². The molecule has 2 rings (SSSR count). The predicted octanol–water partition coefficient (Wildman–Crippen LogP) is 1.56. The van der Waals surface area contributed by atoms with E-state index in [0.717, 1.165) is 37.9 Å². The van der Waals surface area contributed by atoms with E-state index in [1.54, 1.807) is 6.07 Å². The van der Waals surface area contributed by atoms with E-state index in [0.29, 0.717) is 10.6 Å². The molecule has 0 spiro atoms. The van der Waals surface area contributed by atoms with Gasteiger partial charge in [0.25, 0.3) is 0 Å². The van der Waals surface area contributed by atoms with Crippen molar-refractivity contribution in [1.29, 1.82) is 0 Å². The summed E-state index contributed by atoms with van der Waals surface area (Å²) in [5, 5.41) is 3.27. The Labute approximate surface area is 103 Å². The first-order chi connectivity index (χ1) is 8.13. The highest BCUT2D eigenvalue weighted by Crippen LogP contribution is 2.25. The third kappa shape index (κ3) is 2.87. The topological polar surface area (TPSA) is 46.2 Å². The number of fused-ring (bicyclic) bond motifs is 1. The van der Waals surface area contributed by atoms with Gasteiger partial charge in [-0.1, -0.05) is 19.1 Å². The van der Waals surface area contributed by atoms with E-state index in [1.165, 1.54) is 5.56 Å². The van der Waals surface area contributed by atoms with Crippen LogP contribution in [0.15, 0.2) is 23.1 Å². The van der Waals surface area contributed by atoms with Crippen molar-refractivity contribution in [1.82, 2.24) is 5.32 Å². The fourth-order valence-electron chi connectivity index (χ4n) is 2.26. The van der Waals surface area contributed by atoms with Crippen LogP contribution in [0.1, 0.15) is 24.5 Å². The van der Waals surface area contributed by atoms with Crippen molar-refractivity contribution < 1.29 is 8.42 Å². The highest BCUT2D eigenvalue weighted by molar-refractivity contribution is 7.91. The van der Waals surface area contributed by atoms with Gasteiger partial charge < -0.3 is 5.32 Å². The molecule has 0 saturated heterocycles. The van der Waals surface area contributed by atoms with Crippen LogP contribution in [0.5, 0.6) is 0 Å². The van der Waals surface area contributed by atoms with E-state index in [9.17, 15) is 8.42 Å². The molecule has 0 fully saturated rings. The summed E-state index contributed by atoms with van der Waals surface area (Å²) in [4.78, 5) is 0.552. The maximum Gasteiger partial charge on any atom is 0.178 e. The molecule has 3 nitrogen and oxygen atoms in total. The van der Waals surface area contributed by atoms with Gasteiger partial charge in [0, 0.05) is 0 Å². The lowest BCUT2D eigenvalue weighted by Gasteiger charge is -2.17. The number of hydrogen-bond acceptors (Lipinski definition) is 3. The number of hydrogen-bond donors (Lipinski definition) is 1. The molecule has 4 heteroatoms. The van der Waals surface area contributed by atoms with Crippen LogP contribution in [0.4, 0.5) is 0 Å². The molecule has 1 N–H and O–H groups in total. The van der Waals surface area contributed by atoms with E-state index >= 15 is 0 Å². The number of benzene rings is 1. The van der Waals surface area contributed by atoms with Gasteiger partial charge in [0.15, 0.2) is 9.84 Å². The number of nitrogens with one attached hydrogen (secondary N) is 1. The van der Waals surface area contributed by atoms with E-state index in [2.05, 4.69) is 18.3 Å². The van der Waals surface area contributed by atoms with Crippen LogP contribution >= 0.6 is 0 Å². The lowest BCUT2D eigenvalue weighted by atomic mass is 10.0. The summed E-state index contributed by atoms with van der Waals surface area (Å²) in [6.07, 6.45) is 2.61. The minimum Gasteiger partial charge on any atom is -0.317 e. The molecular weight excluding hydrogens is 234 g/mol. The van der Waals surface area contributed by atoms with E-state index in [-0.39, 0.29) is 0 Å². The van der Waals surface area contributed by atoms with E-state index in [4.69, 9.17) is 0 Å². The lowest BCUT2D eigenvalue weighted by molar-refractivity contribution is 0.586. The van der Waals surface area contributed by atoms with Gasteiger partial charge in [-0.25, -0.2) is 8.42 Å². The minimum atomic E-state index is -3.00. The summed E-state index contributed by atoms with van der Waals surface area (Å²) in [6.45, 7) is 4.00. The highest BCUT2D eigenvalue weighted by atomic mass is 32.2. The second kappa shape index (κ2) is 5.19. The van der Waals surface area contributed by atoms with Crippen LogP contribution in [0.25, 0.3) is 0 Å². The Balaban J connectivity index is 2.20. The average Bonchev–Trinajstić information content (AvgIpc) is 2.29. The average molecular weight is 253 g/mol. The molecule has 1 aromatic rings. The lowest BCUT2D eigenvalue weighted by Crippen LogP contribution is -2.18. The smallest absolute Gasteiger partial charge is 0.178 e. The Kier molecular flexibility index (Phi) is 3.84. The summed E-state index contributed by atoms with van der Waals surface area (Å²) in [5.74, 6) is 0.302. The second-order valence-electron chi connectivity index (χ2n) is 4.47. The van der Waals surface area contributed by atoms with Crippen molar-refractivity contribution in [3.8, 4) is 0 Å². The van der Waals surface area contributed by atoms with Crippen molar-refractivity contribution in [3.63, 3.8) is 0 Å². The van der Waals surface area contributed by atoms with Crippen LogP contribution in [0, 0.1) is 0 Å². The fraction of sp³-hybridized carbons (Fsp3) is 0.538. The molecule has 0 unspecified atom stereocenters. The van der Waals surface area contributed by atoms with Gasteiger partial charge in [-0.05, 0) is 49.5 Å². The molecule has 0 radical (unpaired) electrons. The summed E-state index contributed by atoms with van der Waals surface area (Å²) in [5.41, 5.74) is 2.23. The quantitative estimate of drug-likeness (QED) is 0.828. The Morgan fingerprint density at radius 3 is 2.94 bits per heavy atom. The Hall–Kier alpha value is -0.870. The number of sulfone groups is 1. The van der Waals surface area contributed by atoms with Crippen LogP contribution in [-0.4, -0.2) is 27.3 Å². The van der Waals surface area contributed by atoms with Crippen molar-refractivity contribution in [2.75, 3.05) is 18.8 Å². The predicted molar refractivity (Wildman–Crippen MR) is 69.1 cm³/mol. The minimum absolute atomic E-state index is 0.302. The molecular formula is C13H19NO2S. The van der Waals surface area contributed by atoms with Gasteiger partial charge >= 0.3 is 0 Å². The molecule has 94 valence electrons. The standard InChI is InChI=1S/C13H19NO2S/c1-2-14-8-7-11-5-6-13-12(10-11)4-3-9-17(13,15)16/h5-6,10,14H,2-4,7-9H2,1H3. The summed E-state index contributed by atoms with van der Waals surface area (Å²) in [6, 6.07) is 5.79. The third-order valence-corrected chi connectivity index (χ3v) is 5.05. The number of rotatable bonds is 4. The van der Waals surface area contributed by atoms with E-state index in [1.807, 2.05) is 6.07 Å². The molecule has 0 saturated carbocycles. The second-order valence-corrected chi connectivity index (χ2v) is 6.55. The van der Waals surface area contributed by atoms with Gasteiger partial charge in [0.05, 0.1) is 10.6 Å². The van der Waals surface area contributed by atoms with Crippen LogP contribution in [0.3, 0.4) is 0 Å². The molecule has 0 amide bonds.